The molecular weight excluding hydrogens is 236 g/mol. The van der Waals surface area contributed by atoms with Crippen LogP contribution in [0.1, 0.15) is 25.3 Å². The first kappa shape index (κ1) is 12.2. The van der Waals surface area contributed by atoms with Gasteiger partial charge < -0.3 is 5.11 Å². The number of benzene rings is 1. The van der Waals surface area contributed by atoms with Gasteiger partial charge in [-0.2, -0.15) is 0 Å². The number of carboxylic acid groups (broad SMARTS) is 1. The standard InChI is InChI=1S/C14H15ClO2/c1-9(2)8-11-12(14(11,15)13(16)17)10-6-4-3-5-7-10/h3-8,11-12H,1-2H3,(H,16,17). The highest BCUT2D eigenvalue weighted by Crippen LogP contribution is 2.63. The summed E-state index contributed by atoms with van der Waals surface area (Å²) in [5.41, 5.74) is 2.09. The summed E-state index contributed by atoms with van der Waals surface area (Å²) in [5.74, 6) is -1.18. The van der Waals surface area contributed by atoms with E-state index >= 15 is 0 Å². The van der Waals surface area contributed by atoms with Gasteiger partial charge in [-0.05, 0) is 19.4 Å². The summed E-state index contributed by atoms with van der Waals surface area (Å²) in [5, 5.41) is 9.27. The van der Waals surface area contributed by atoms with Crippen molar-refractivity contribution >= 4 is 17.6 Å². The average molecular weight is 251 g/mol. The van der Waals surface area contributed by atoms with Crippen molar-refractivity contribution in [2.45, 2.75) is 24.6 Å². The second-order valence-corrected chi connectivity index (χ2v) is 5.36. The van der Waals surface area contributed by atoms with Gasteiger partial charge in [-0.15, -0.1) is 11.6 Å². The number of hydrogen-bond donors (Lipinski definition) is 1. The highest BCUT2D eigenvalue weighted by Gasteiger charge is 2.68. The normalized spacial score (nSPS) is 30.8. The minimum atomic E-state index is -1.17. The number of aliphatic carboxylic acids is 1. The third-order valence-corrected chi connectivity index (χ3v) is 3.84. The maximum Gasteiger partial charge on any atom is 0.326 e. The summed E-state index contributed by atoms with van der Waals surface area (Å²) in [7, 11) is 0. The van der Waals surface area contributed by atoms with E-state index in [4.69, 9.17) is 11.6 Å². The molecule has 1 fully saturated rings. The zero-order valence-corrected chi connectivity index (χ0v) is 10.6. The second kappa shape index (κ2) is 4.19. The zero-order chi connectivity index (χ0) is 12.6. The Morgan fingerprint density at radius 1 is 1.35 bits per heavy atom. The molecule has 3 atom stereocenters. The van der Waals surface area contributed by atoms with Crippen LogP contribution in [-0.4, -0.2) is 16.0 Å². The molecule has 1 N–H and O–H groups in total. The van der Waals surface area contributed by atoms with Gasteiger partial charge >= 0.3 is 5.97 Å². The van der Waals surface area contributed by atoms with Crippen molar-refractivity contribution in [3.05, 3.63) is 47.5 Å². The highest BCUT2D eigenvalue weighted by atomic mass is 35.5. The SMILES string of the molecule is CC(C)=CC1C(c2ccccc2)C1(Cl)C(=O)O. The van der Waals surface area contributed by atoms with Gasteiger partial charge in [-0.1, -0.05) is 42.0 Å². The van der Waals surface area contributed by atoms with Gasteiger partial charge in [0.25, 0.3) is 0 Å². The van der Waals surface area contributed by atoms with Crippen molar-refractivity contribution in [3.8, 4) is 0 Å². The monoisotopic (exact) mass is 250 g/mol. The molecule has 1 saturated carbocycles. The number of carboxylic acids is 1. The van der Waals surface area contributed by atoms with Crippen LogP contribution in [0.3, 0.4) is 0 Å². The van der Waals surface area contributed by atoms with Crippen molar-refractivity contribution in [2.24, 2.45) is 5.92 Å². The lowest BCUT2D eigenvalue weighted by Crippen LogP contribution is -2.18. The predicted octanol–water partition coefficient (Wildman–Crippen LogP) is 3.43. The molecule has 2 rings (SSSR count). The number of allylic oxidation sites excluding steroid dienone is 2. The Bertz CT molecular complexity index is 462. The maximum atomic E-state index is 11.3. The van der Waals surface area contributed by atoms with E-state index in [1.54, 1.807) is 0 Å². The molecule has 1 aromatic rings. The Morgan fingerprint density at radius 2 is 1.94 bits per heavy atom. The van der Waals surface area contributed by atoms with Crippen LogP contribution in [0, 0.1) is 5.92 Å². The molecule has 1 aromatic carbocycles. The minimum absolute atomic E-state index is 0.117. The number of alkyl halides is 1. The molecule has 0 aliphatic heterocycles. The van der Waals surface area contributed by atoms with E-state index in [2.05, 4.69) is 0 Å². The van der Waals surface area contributed by atoms with Crippen LogP contribution in [0.15, 0.2) is 42.0 Å². The summed E-state index contributed by atoms with van der Waals surface area (Å²) >= 11 is 6.25. The zero-order valence-electron chi connectivity index (χ0n) is 9.85. The Balaban J connectivity index is 2.35. The molecule has 90 valence electrons. The van der Waals surface area contributed by atoms with Gasteiger partial charge in [0.15, 0.2) is 4.87 Å². The van der Waals surface area contributed by atoms with Crippen LogP contribution in [-0.2, 0) is 4.79 Å². The molecule has 1 aliphatic rings. The summed E-state index contributed by atoms with van der Waals surface area (Å²) in [4.78, 5) is 10.1. The molecule has 1 aliphatic carbocycles. The second-order valence-electron chi connectivity index (χ2n) is 4.73. The summed E-state index contributed by atoms with van der Waals surface area (Å²) in [6.45, 7) is 3.92. The molecule has 0 heterocycles. The van der Waals surface area contributed by atoms with Crippen LogP contribution in [0.4, 0.5) is 0 Å². The lowest BCUT2D eigenvalue weighted by Gasteiger charge is -2.02. The molecule has 0 spiro atoms. The van der Waals surface area contributed by atoms with E-state index in [0.29, 0.717) is 0 Å². The maximum absolute atomic E-state index is 11.3. The molecule has 0 amide bonds. The van der Waals surface area contributed by atoms with Crippen molar-refractivity contribution < 1.29 is 9.90 Å². The Labute approximate surface area is 106 Å². The Kier molecular flexibility index (Phi) is 3.00. The van der Waals surface area contributed by atoms with Gasteiger partial charge in [0.2, 0.25) is 0 Å². The third-order valence-electron chi connectivity index (χ3n) is 3.19. The van der Waals surface area contributed by atoms with E-state index in [-0.39, 0.29) is 11.8 Å². The number of rotatable bonds is 3. The van der Waals surface area contributed by atoms with Gasteiger partial charge in [-0.25, -0.2) is 0 Å². The predicted molar refractivity (Wildman–Crippen MR) is 68.3 cm³/mol. The van der Waals surface area contributed by atoms with Crippen LogP contribution in [0.25, 0.3) is 0 Å². The topological polar surface area (TPSA) is 37.3 Å². The van der Waals surface area contributed by atoms with Gasteiger partial charge in [0, 0.05) is 11.8 Å². The van der Waals surface area contributed by atoms with Crippen molar-refractivity contribution in [2.75, 3.05) is 0 Å². The number of carbonyl (C=O) groups is 1. The largest absolute Gasteiger partial charge is 0.480 e. The summed E-state index contributed by atoms with van der Waals surface area (Å²) < 4.78 is 0. The Morgan fingerprint density at radius 3 is 2.41 bits per heavy atom. The first-order chi connectivity index (χ1) is 7.98. The lowest BCUT2D eigenvalue weighted by molar-refractivity contribution is -0.137. The van der Waals surface area contributed by atoms with Crippen molar-refractivity contribution in [1.82, 2.24) is 0 Å². The van der Waals surface area contributed by atoms with Gasteiger partial charge in [-0.3, -0.25) is 4.79 Å². The fourth-order valence-corrected chi connectivity index (χ4v) is 2.73. The number of halogens is 1. The first-order valence-electron chi connectivity index (χ1n) is 5.60. The quantitative estimate of drug-likeness (QED) is 0.659. The summed E-state index contributed by atoms with van der Waals surface area (Å²) in [6.07, 6.45) is 1.96. The van der Waals surface area contributed by atoms with E-state index in [9.17, 15) is 9.90 Å². The van der Waals surface area contributed by atoms with Crippen LogP contribution in [0.2, 0.25) is 0 Å². The molecule has 0 bridgehead atoms. The third kappa shape index (κ3) is 1.98. The summed E-state index contributed by atoms with van der Waals surface area (Å²) in [6, 6.07) is 9.60. The van der Waals surface area contributed by atoms with Crippen molar-refractivity contribution in [3.63, 3.8) is 0 Å². The average Bonchev–Trinajstić information content (AvgIpc) is 2.86. The van der Waals surface area contributed by atoms with Crippen molar-refractivity contribution in [1.29, 1.82) is 0 Å². The first-order valence-corrected chi connectivity index (χ1v) is 5.98. The van der Waals surface area contributed by atoms with E-state index < -0.39 is 10.8 Å². The minimum Gasteiger partial charge on any atom is -0.480 e. The van der Waals surface area contributed by atoms with E-state index in [1.165, 1.54) is 0 Å². The smallest absolute Gasteiger partial charge is 0.326 e. The molecule has 0 radical (unpaired) electrons. The molecule has 3 unspecified atom stereocenters. The molecule has 3 heteroatoms. The van der Waals surface area contributed by atoms with Gasteiger partial charge in [0.1, 0.15) is 0 Å². The fraction of sp³-hybridized carbons (Fsp3) is 0.357. The van der Waals surface area contributed by atoms with Crippen LogP contribution < -0.4 is 0 Å². The Hall–Kier alpha value is -1.28. The highest BCUT2D eigenvalue weighted by molar-refractivity contribution is 6.37. The fourth-order valence-electron chi connectivity index (χ4n) is 2.35. The van der Waals surface area contributed by atoms with Crippen LogP contribution in [0.5, 0.6) is 0 Å². The molecule has 2 nitrogen and oxygen atoms in total. The van der Waals surface area contributed by atoms with Gasteiger partial charge in [0.05, 0.1) is 0 Å². The van der Waals surface area contributed by atoms with Crippen LogP contribution >= 0.6 is 11.6 Å². The lowest BCUT2D eigenvalue weighted by atomic mass is 10.1. The molecular formula is C14H15ClO2. The van der Waals surface area contributed by atoms with E-state index in [0.717, 1.165) is 11.1 Å². The molecule has 17 heavy (non-hydrogen) atoms. The molecule has 0 saturated heterocycles. The molecule has 0 aromatic heterocycles. The number of hydrogen-bond acceptors (Lipinski definition) is 1. The van der Waals surface area contributed by atoms with E-state index in [1.807, 2.05) is 50.3 Å².